The van der Waals surface area contributed by atoms with Crippen molar-refractivity contribution in [3.8, 4) is 6.07 Å². The lowest BCUT2D eigenvalue weighted by Gasteiger charge is -2.04. The monoisotopic (exact) mass is 140 g/mol. The Bertz CT molecular complexity index is 210. The number of nitrogens with one attached hydrogen (secondary N) is 1. The zero-order chi connectivity index (χ0) is 6.69. The van der Waals surface area contributed by atoms with Crippen LogP contribution < -0.4 is 5.32 Å². The number of halogens is 1. The third-order valence-electron chi connectivity index (χ3n) is 1.02. The third-order valence-corrected chi connectivity index (χ3v) is 1.38. The normalized spacial score (nSPS) is 16.9. The lowest BCUT2D eigenvalue weighted by Crippen LogP contribution is -2.10. The molecule has 1 aliphatic heterocycles. The predicted octanol–water partition coefficient (Wildman–Crippen LogP) is 1.12. The van der Waals surface area contributed by atoms with Crippen molar-refractivity contribution < 1.29 is 0 Å². The van der Waals surface area contributed by atoms with Crippen LogP contribution in [0.25, 0.3) is 0 Å². The highest BCUT2D eigenvalue weighted by atomic mass is 35.5. The van der Waals surface area contributed by atoms with Crippen LogP contribution in [0.1, 0.15) is 0 Å². The smallest absolute Gasteiger partial charge is 0.102 e. The second-order valence-corrected chi connectivity index (χ2v) is 2.04. The van der Waals surface area contributed by atoms with Crippen molar-refractivity contribution in [1.29, 1.82) is 5.26 Å². The molecule has 1 heterocycles. The Balaban J connectivity index is 2.83. The maximum Gasteiger partial charge on any atom is 0.102 e. The molecule has 0 unspecified atom stereocenters. The van der Waals surface area contributed by atoms with Gasteiger partial charge in [0, 0.05) is 12.7 Å². The second kappa shape index (κ2) is 2.56. The summed E-state index contributed by atoms with van der Waals surface area (Å²) in [5.41, 5.74) is 0.503. The highest BCUT2D eigenvalue weighted by molar-refractivity contribution is 6.32. The molecule has 0 saturated carbocycles. The van der Waals surface area contributed by atoms with E-state index in [0.717, 1.165) is 0 Å². The van der Waals surface area contributed by atoms with Gasteiger partial charge in [-0.25, -0.2) is 0 Å². The van der Waals surface area contributed by atoms with Crippen molar-refractivity contribution in [3.63, 3.8) is 0 Å². The molecule has 2 nitrogen and oxygen atoms in total. The van der Waals surface area contributed by atoms with E-state index in [2.05, 4.69) is 5.32 Å². The van der Waals surface area contributed by atoms with Gasteiger partial charge in [-0.3, -0.25) is 0 Å². The van der Waals surface area contributed by atoms with Crippen molar-refractivity contribution in [2.24, 2.45) is 0 Å². The van der Waals surface area contributed by atoms with Gasteiger partial charge in [0.05, 0.1) is 10.6 Å². The Morgan fingerprint density at radius 3 is 3.00 bits per heavy atom. The first-order valence-corrected chi connectivity index (χ1v) is 2.92. The number of rotatable bonds is 0. The summed E-state index contributed by atoms with van der Waals surface area (Å²) >= 11 is 5.61. The number of nitrogens with zero attached hydrogens (tertiary/aromatic N) is 1. The first kappa shape index (κ1) is 6.18. The number of nitriles is 1. The average molecular weight is 141 g/mol. The molecule has 0 aliphatic carbocycles. The summed E-state index contributed by atoms with van der Waals surface area (Å²) < 4.78 is 0. The van der Waals surface area contributed by atoms with Crippen LogP contribution >= 0.6 is 11.6 Å². The molecule has 1 N–H and O–H groups in total. The largest absolute Gasteiger partial charge is 0.386 e. The molecule has 0 aromatic rings. The van der Waals surface area contributed by atoms with Gasteiger partial charge in [0.25, 0.3) is 0 Å². The molecule has 3 heteroatoms. The van der Waals surface area contributed by atoms with Crippen LogP contribution in [0.15, 0.2) is 22.9 Å². The fourth-order valence-electron chi connectivity index (χ4n) is 0.574. The molecule has 0 atom stereocenters. The van der Waals surface area contributed by atoms with Crippen LogP contribution in [0.2, 0.25) is 0 Å². The molecule has 9 heavy (non-hydrogen) atoms. The van der Waals surface area contributed by atoms with Crippen molar-refractivity contribution in [1.82, 2.24) is 5.32 Å². The standard InChI is InChI=1S/C6H5ClN2/c7-6-1-2-9-4-5(6)3-8/h1,4,9H,2H2. The van der Waals surface area contributed by atoms with Gasteiger partial charge in [0.15, 0.2) is 0 Å². The third kappa shape index (κ3) is 1.24. The van der Waals surface area contributed by atoms with E-state index < -0.39 is 0 Å². The molecule has 0 fully saturated rings. The number of hydrogen-bond acceptors (Lipinski definition) is 2. The van der Waals surface area contributed by atoms with E-state index in [1.165, 1.54) is 0 Å². The summed E-state index contributed by atoms with van der Waals surface area (Å²) in [4.78, 5) is 0. The van der Waals surface area contributed by atoms with Gasteiger partial charge < -0.3 is 5.32 Å². The molecule has 0 bridgehead atoms. The van der Waals surface area contributed by atoms with Crippen LogP contribution in [0.5, 0.6) is 0 Å². The number of hydrogen-bond donors (Lipinski definition) is 1. The van der Waals surface area contributed by atoms with Crippen molar-refractivity contribution >= 4 is 11.6 Å². The number of allylic oxidation sites excluding steroid dienone is 2. The summed E-state index contributed by atoms with van der Waals surface area (Å²) in [6.07, 6.45) is 3.38. The lowest BCUT2D eigenvalue weighted by molar-refractivity contribution is 0.959. The topological polar surface area (TPSA) is 35.8 Å². The zero-order valence-electron chi connectivity index (χ0n) is 4.69. The first-order chi connectivity index (χ1) is 4.34. The van der Waals surface area contributed by atoms with Gasteiger partial charge in [-0.2, -0.15) is 5.26 Å². The van der Waals surface area contributed by atoms with E-state index in [4.69, 9.17) is 16.9 Å². The Hall–Kier alpha value is -0.940. The summed E-state index contributed by atoms with van der Waals surface area (Å²) in [5, 5.41) is 11.8. The van der Waals surface area contributed by atoms with Gasteiger partial charge in [-0.1, -0.05) is 11.6 Å². The Morgan fingerprint density at radius 1 is 1.78 bits per heavy atom. The molecule has 0 aromatic carbocycles. The highest BCUT2D eigenvalue weighted by Crippen LogP contribution is 2.14. The Morgan fingerprint density at radius 2 is 2.56 bits per heavy atom. The van der Waals surface area contributed by atoms with Gasteiger partial charge in [0.1, 0.15) is 6.07 Å². The molecular weight excluding hydrogens is 136 g/mol. The van der Waals surface area contributed by atoms with E-state index in [9.17, 15) is 0 Å². The fourth-order valence-corrected chi connectivity index (χ4v) is 0.748. The SMILES string of the molecule is N#CC1=CNCC=C1Cl. The average Bonchev–Trinajstić information content (AvgIpc) is 1.89. The summed E-state index contributed by atoms with van der Waals surface area (Å²) in [7, 11) is 0. The zero-order valence-corrected chi connectivity index (χ0v) is 5.44. The lowest BCUT2D eigenvalue weighted by atomic mass is 10.2. The minimum atomic E-state index is 0.503. The second-order valence-electron chi connectivity index (χ2n) is 1.63. The quantitative estimate of drug-likeness (QED) is 0.548. The van der Waals surface area contributed by atoms with Crippen LogP contribution in [0, 0.1) is 11.3 Å². The molecule has 0 radical (unpaired) electrons. The predicted molar refractivity (Wildman–Crippen MR) is 35.6 cm³/mol. The number of dihydropyridines is 1. The maximum atomic E-state index is 8.38. The van der Waals surface area contributed by atoms with E-state index in [1.54, 1.807) is 12.3 Å². The molecule has 0 saturated heterocycles. The van der Waals surface area contributed by atoms with E-state index in [0.29, 0.717) is 17.2 Å². The van der Waals surface area contributed by atoms with E-state index >= 15 is 0 Å². The minimum Gasteiger partial charge on any atom is -0.386 e. The van der Waals surface area contributed by atoms with Crippen LogP contribution in [-0.4, -0.2) is 6.54 Å². The van der Waals surface area contributed by atoms with Gasteiger partial charge in [0.2, 0.25) is 0 Å². The van der Waals surface area contributed by atoms with E-state index in [-0.39, 0.29) is 0 Å². The van der Waals surface area contributed by atoms with Crippen LogP contribution in [-0.2, 0) is 0 Å². The molecule has 1 rings (SSSR count). The van der Waals surface area contributed by atoms with Gasteiger partial charge in [-0.15, -0.1) is 0 Å². The molecule has 0 spiro atoms. The van der Waals surface area contributed by atoms with Gasteiger partial charge >= 0.3 is 0 Å². The molecule has 0 aromatic heterocycles. The summed E-state index contributed by atoms with van der Waals surface area (Å²) in [6, 6.07) is 1.95. The Kier molecular flexibility index (Phi) is 1.76. The summed E-state index contributed by atoms with van der Waals surface area (Å²) in [5.74, 6) is 0. The highest BCUT2D eigenvalue weighted by Gasteiger charge is 2.02. The van der Waals surface area contributed by atoms with Gasteiger partial charge in [-0.05, 0) is 6.08 Å². The molecule has 1 aliphatic rings. The van der Waals surface area contributed by atoms with Crippen LogP contribution in [0.4, 0.5) is 0 Å². The Labute approximate surface area is 58.4 Å². The maximum absolute atomic E-state index is 8.38. The van der Waals surface area contributed by atoms with Crippen LogP contribution in [0.3, 0.4) is 0 Å². The molecule has 0 amide bonds. The van der Waals surface area contributed by atoms with Crippen molar-refractivity contribution in [2.45, 2.75) is 0 Å². The van der Waals surface area contributed by atoms with Crippen molar-refractivity contribution in [2.75, 3.05) is 6.54 Å². The first-order valence-electron chi connectivity index (χ1n) is 2.54. The minimum absolute atomic E-state index is 0.503. The van der Waals surface area contributed by atoms with E-state index in [1.807, 2.05) is 6.07 Å². The molecular formula is C6H5ClN2. The fraction of sp³-hybridized carbons (Fsp3) is 0.167. The van der Waals surface area contributed by atoms with Crippen molar-refractivity contribution in [3.05, 3.63) is 22.9 Å². The summed E-state index contributed by atoms with van der Waals surface area (Å²) in [6.45, 7) is 0.712. The molecule has 46 valence electrons.